The average Bonchev–Trinajstić information content (AvgIpc) is 2.83. The summed E-state index contributed by atoms with van der Waals surface area (Å²) in [5, 5.41) is 8.78. The molecule has 1 N–H and O–H groups in total. The summed E-state index contributed by atoms with van der Waals surface area (Å²) in [6, 6.07) is 13.9. The Balaban J connectivity index is 1.79. The van der Waals surface area contributed by atoms with Gasteiger partial charge >= 0.3 is 5.97 Å². The van der Waals surface area contributed by atoms with Gasteiger partial charge in [0.25, 0.3) is 0 Å². The maximum Gasteiger partial charge on any atom is 0.303 e. The van der Waals surface area contributed by atoms with E-state index in [0.29, 0.717) is 6.42 Å². The zero-order valence-corrected chi connectivity index (χ0v) is 14.9. The number of carboxylic acid groups (broad SMARTS) is 1. The minimum absolute atomic E-state index is 0.00330. The lowest BCUT2D eigenvalue weighted by atomic mass is 9.87. The summed E-state index contributed by atoms with van der Waals surface area (Å²) in [5.74, 6) is 0.862. The molecule has 132 valence electrons. The second kappa shape index (κ2) is 6.79. The van der Waals surface area contributed by atoms with Crippen LogP contribution in [-0.2, 0) is 17.6 Å². The molecule has 25 heavy (non-hydrogen) atoms. The lowest BCUT2D eigenvalue weighted by Gasteiger charge is -2.28. The number of hydrogen-bond acceptors (Lipinski definition) is 3. The number of aryl methyl sites for hydroxylation is 1. The Bertz CT molecular complexity index is 762. The predicted octanol–water partition coefficient (Wildman–Crippen LogP) is 4.41. The second-order valence-electron chi connectivity index (χ2n) is 7.27. The van der Waals surface area contributed by atoms with Gasteiger partial charge in [-0.25, -0.2) is 0 Å². The van der Waals surface area contributed by atoms with E-state index < -0.39 is 5.97 Å². The number of carbonyl (C=O) groups is 1. The number of benzene rings is 2. The maximum atomic E-state index is 10.7. The van der Waals surface area contributed by atoms with Gasteiger partial charge in [-0.15, -0.1) is 0 Å². The first kappa shape index (κ1) is 17.3. The minimum atomic E-state index is -0.779. The van der Waals surface area contributed by atoms with Gasteiger partial charge < -0.3 is 14.6 Å². The van der Waals surface area contributed by atoms with E-state index in [4.69, 9.17) is 14.6 Å². The van der Waals surface area contributed by atoms with Gasteiger partial charge in [-0.05, 0) is 53.8 Å². The van der Waals surface area contributed by atoms with Crippen LogP contribution in [0.25, 0.3) is 0 Å². The van der Waals surface area contributed by atoms with Gasteiger partial charge in [0.15, 0.2) is 0 Å². The molecule has 1 unspecified atom stereocenters. The first-order chi connectivity index (χ1) is 11.9. The second-order valence-corrected chi connectivity index (χ2v) is 7.27. The Hall–Kier alpha value is -2.49. The van der Waals surface area contributed by atoms with Crippen molar-refractivity contribution in [1.82, 2.24) is 0 Å². The van der Waals surface area contributed by atoms with Crippen LogP contribution in [0.3, 0.4) is 0 Å². The van der Waals surface area contributed by atoms with E-state index in [2.05, 4.69) is 26.0 Å². The highest BCUT2D eigenvalue weighted by molar-refractivity contribution is 5.67. The summed E-state index contributed by atoms with van der Waals surface area (Å²) < 4.78 is 11.7. The number of ether oxygens (including phenoxy) is 2. The lowest BCUT2D eigenvalue weighted by molar-refractivity contribution is -0.136. The highest BCUT2D eigenvalue weighted by Crippen LogP contribution is 2.48. The van der Waals surface area contributed by atoms with Crippen molar-refractivity contribution in [1.29, 1.82) is 0 Å². The molecule has 0 fully saturated rings. The van der Waals surface area contributed by atoms with E-state index in [9.17, 15) is 4.79 Å². The summed E-state index contributed by atoms with van der Waals surface area (Å²) in [4.78, 5) is 10.7. The summed E-state index contributed by atoms with van der Waals surface area (Å²) >= 11 is 0. The van der Waals surface area contributed by atoms with Gasteiger partial charge in [0.05, 0.1) is 7.11 Å². The molecule has 2 aromatic rings. The number of carboxylic acids is 1. The van der Waals surface area contributed by atoms with Crippen LogP contribution in [0.1, 0.15) is 43.1 Å². The first-order valence-electron chi connectivity index (χ1n) is 8.53. The Kier molecular flexibility index (Phi) is 4.71. The third-order valence-corrected chi connectivity index (χ3v) is 4.80. The highest BCUT2D eigenvalue weighted by Gasteiger charge is 2.41. The monoisotopic (exact) mass is 340 g/mol. The smallest absolute Gasteiger partial charge is 0.303 e. The van der Waals surface area contributed by atoms with Crippen LogP contribution in [0.2, 0.25) is 0 Å². The molecule has 0 amide bonds. The van der Waals surface area contributed by atoms with Crippen molar-refractivity contribution in [3.63, 3.8) is 0 Å². The maximum absolute atomic E-state index is 10.7. The summed E-state index contributed by atoms with van der Waals surface area (Å²) in [6.07, 6.45) is 1.60. The standard InChI is InChI=1S/C21H24O4/c1-21(2)13-15-7-10-17(24-3)12-18(15)20(21)25-16-8-4-14(5-9-16)6-11-19(22)23/h4-5,7-10,12,20H,6,11,13H2,1-3H3,(H,22,23). The molecule has 1 atom stereocenters. The third kappa shape index (κ3) is 3.78. The zero-order chi connectivity index (χ0) is 18.0. The lowest BCUT2D eigenvalue weighted by Crippen LogP contribution is -2.22. The third-order valence-electron chi connectivity index (χ3n) is 4.80. The fourth-order valence-electron chi connectivity index (χ4n) is 3.45. The zero-order valence-electron chi connectivity index (χ0n) is 14.9. The summed E-state index contributed by atoms with van der Waals surface area (Å²) in [6.45, 7) is 4.43. The molecule has 0 radical (unpaired) electrons. The fourth-order valence-corrected chi connectivity index (χ4v) is 3.45. The van der Waals surface area contributed by atoms with Gasteiger partial charge in [-0.3, -0.25) is 4.79 Å². The molecule has 0 spiro atoms. The molecule has 0 bridgehead atoms. The van der Waals surface area contributed by atoms with Crippen molar-refractivity contribution in [2.24, 2.45) is 5.41 Å². The molecule has 0 aliphatic heterocycles. The van der Waals surface area contributed by atoms with E-state index in [0.717, 1.165) is 23.5 Å². The largest absolute Gasteiger partial charge is 0.497 e. The molecule has 4 nitrogen and oxygen atoms in total. The van der Waals surface area contributed by atoms with E-state index >= 15 is 0 Å². The Labute approximate surface area is 148 Å². The Morgan fingerprint density at radius 2 is 1.84 bits per heavy atom. The van der Waals surface area contributed by atoms with Crippen LogP contribution in [0.5, 0.6) is 11.5 Å². The Morgan fingerprint density at radius 3 is 2.48 bits per heavy atom. The van der Waals surface area contributed by atoms with Crippen LogP contribution < -0.4 is 9.47 Å². The molecule has 2 aromatic carbocycles. The van der Waals surface area contributed by atoms with Gasteiger partial charge in [0.1, 0.15) is 17.6 Å². The van der Waals surface area contributed by atoms with Crippen molar-refractivity contribution in [3.05, 3.63) is 59.2 Å². The number of methoxy groups -OCH3 is 1. The molecular formula is C21H24O4. The van der Waals surface area contributed by atoms with Crippen molar-refractivity contribution >= 4 is 5.97 Å². The molecule has 4 heteroatoms. The van der Waals surface area contributed by atoms with Crippen molar-refractivity contribution in [3.8, 4) is 11.5 Å². The van der Waals surface area contributed by atoms with E-state index in [1.165, 1.54) is 11.1 Å². The van der Waals surface area contributed by atoms with Gasteiger partial charge in [-0.2, -0.15) is 0 Å². The van der Waals surface area contributed by atoms with Crippen LogP contribution in [0.15, 0.2) is 42.5 Å². The first-order valence-corrected chi connectivity index (χ1v) is 8.53. The van der Waals surface area contributed by atoms with Crippen LogP contribution in [-0.4, -0.2) is 18.2 Å². The van der Waals surface area contributed by atoms with E-state index in [1.807, 2.05) is 30.3 Å². The quantitative estimate of drug-likeness (QED) is 0.846. The van der Waals surface area contributed by atoms with Gasteiger partial charge in [0.2, 0.25) is 0 Å². The average molecular weight is 340 g/mol. The van der Waals surface area contributed by atoms with E-state index in [1.54, 1.807) is 7.11 Å². The number of hydrogen-bond donors (Lipinski definition) is 1. The van der Waals surface area contributed by atoms with Crippen LogP contribution >= 0.6 is 0 Å². The molecule has 1 aliphatic carbocycles. The molecular weight excluding hydrogens is 316 g/mol. The fraction of sp³-hybridized carbons (Fsp3) is 0.381. The Morgan fingerprint density at radius 1 is 1.16 bits per heavy atom. The van der Waals surface area contributed by atoms with Crippen LogP contribution in [0.4, 0.5) is 0 Å². The van der Waals surface area contributed by atoms with Crippen molar-refractivity contribution < 1.29 is 19.4 Å². The number of rotatable bonds is 6. The topological polar surface area (TPSA) is 55.8 Å². The summed E-state index contributed by atoms with van der Waals surface area (Å²) in [7, 11) is 1.67. The normalized spacial score (nSPS) is 17.8. The minimum Gasteiger partial charge on any atom is -0.497 e. The SMILES string of the molecule is COc1ccc2c(c1)C(Oc1ccc(CCC(=O)O)cc1)C(C)(C)C2. The molecule has 3 rings (SSSR count). The predicted molar refractivity (Wildman–Crippen MR) is 96.2 cm³/mol. The van der Waals surface area contributed by atoms with Crippen molar-refractivity contribution in [2.45, 2.75) is 39.2 Å². The summed E-state index contributed by atoms with van der Waals surface area (Å²) in [5.41, 5.74) is 3.48. The molecule has 0 heterocycles. The highest BCUT2D eigenvalue weighted by atomic mass is 16.5. The molecule has 0 saturated carbocycles. The molecule has 0 saturated heterocycles. The van der Waals surface area contributed by atoms with Gasteiger partial charge in [0, 0.05) is 11.8 Å². The number of fused-ring (bicyclic) bond motifs is 1. The van der Waals surface area contributed by atoms with Gasteiger partial charge in [-0.1, -0.05) is 32.0 Å². The van der Waals surface area contributed by atoms with E-state index in [-0.39, 0.29) is 17.9 Å². The van der Waals surface area contributed by atoms with Crippen molar-refractivity contribution in [2.75, 3.05) is 7.11 Å². The van der Waals surface area contributed by atoms with Crippen LogP contribution in [0, 0.1) is 5.41 Å². The molecule has 0 aromatic heterocycles. The molecule has 1 aliphatic rings. The number of aliphatic carboxylic acids is 1.